The van der Waals surface area contributed by atoms with Gasteiger partial charge in [0.1, 0.15) is 34.6 Å². The van der Waals surface area contributed by atoms with Crippen LogP contribution in [0.4, 0.5) is 28.9 Å². The lowest BCUT2D eigenvalue weighted by molar-refractivity contribution is 0.101. The van der Waals surface area contributed by atoms with E-state index in [1.165, 1.54) is 35.7 Å². The Labute approximate surface area is 345 Å². The Morgan fingerprint density at radius 1 is 0.525 bits per heavy atom. The Kier molecular flexibility index (Phi) is 11.4. The fraction of sp³-hybridized carbons (Fsp3) is 0.128. The molecule has 0 saturated heterocycles. The van der Waals surface area contributed by atoms with Crippen LogP contribution in [0.15, 0.2) is 126 Å². The van der Waals surface area contributed by atoms with E-state index in [-0.39, 0.29) is 11.1 Å². The number of rotatable bonds is 5. The molecule has 294 valence electrons. The third kappa shape index (κ3) is 8.54. The molecule has 2 N–H and O–H groups in total. The summed E-state index contributed by atoms with van der Waals surface area (Å²) < 4.78 is 56.4. The fourth-order valence-electron chi connectivity index (χ4n) is 7.39. The van der Waals surface area contributed by atoms with Crippen molar-refractivity contribution < 1.29 is 27.2 Å². The monoisotopic (exact) mass is 855 g/mol. The number of anilines is 2. The van der Waals surface area contributed by atoms with Crippen molar-refractivity contribution in [3.8, 4) is 33.6 Å². The van der Waals surface area contributed by atoms with Gasteiger partial charge in [-0.25, -0.2) is 17.6 Å². The summed E-state index contributed by atoms with van der Waals surface area (Å²) in [5.74, 6) is -4.46. The third-order valence-electron chi connectivity index (χ3n) is 10.3. The average Bonchev–Trinajstić information content (AvgIpc) is 3.54. The van der Waals surface area contributed by atoms with Crippen molar-refractivity contribution in [2.75, 3.05) is 10.6 Å². The summed E-state index contributed by atoms with van der Waals surface area (Å²) in [5, 5.41) is 4.64. The van der Waals surface area contributed by atoms with Crippen LogP contribution in [0.3, 0.4) is 0 Å². The molecule has 59 heavy (non-hydrogen) atoms. The van der Waals surface area contributed by atoms with Crippen LogP contribution in [0.5, 0.6) is 0 Å². The maximum absolute atomic E-state index is 13.9. The highest BCUT2D eigenvalue weighted by molar-refractivity contribution is 9.10. The number of halogens is 5. The molecule has 3 aromatic heterocycles. The molecule has 0 spiro atoms. The van der Waals surface area contributed by atoms with E-state index in [2.05, 4.69) is 65.8 Å². The van der Waals surface area contributed by atoms with Gasteiger partial charge >= 0.3 is 0 Å². The normalized spacial score (nSPS) is 12.6. The maximum Gasteiger partial charge on any atom is 0.257 e. The van der Waals surface area contributed by atoms with Gasteiger partial charge in [0.2, 0.25) is 0 Å². The number of carbonyl (C=O) groups excluding carboxylic acids is 2. The van der Waals surface area contributed by atoms with Crippen LogP contribution in [0, 0.1) is 23.3 Å². The van der Waals surface area contributed by atoms with Gasteiger partial charge in [-0.1, -0.05) is 52.3 Å². The van der Waals surface area contributed by atoms with Crippen molar-refractivity contribution in [2.45, 2.75) is 38.5 Å². The Balaban J connectivity index is 0.000000167. The number of para-hydroxylation sites is 2. The first-order valence-electron chi connectivity index (χ1n) is 18.9. The lowest BCUT2D eigenvalue weighted by Gasteiger charge is -2.13. The zero-order valence-corrected chi connectivity index (χ0v) is 32.9. The maximum atomic E-state index is 13.9. The first-order valence-corrected chi connectivity index (χ1v) is 19.7. The van der Waals surface area contributed by atoms with Crippen molar-refractivity contribution >= 4 is 39.1 Å². The van der Waals surface area contributed by atoms with Gasteiger partial charge in [-0.05, 0) is 127 Å². The van der Waals surface area contributed by atoms with Crippen molar-refractivity contribution in [1.82, 2.24) is 15.0 Å². The van der Waals surface area contributed by atoms with Gasteiger partial charge in [0, 0.05) is 46.0 Å². The molecule has 7 aromatic rings. The van der Waals surface area contributed by atoms with Crippen LogP contribution in [-0.4, -0.2) is 26.8 Å². The van der Waals surface area contributed by atoms with E-state index in [9.17, 15) is 27.2 Å². The van der Waals surface area contributed by atoms with Gasteiger partial charge in [0.15, 0.2) is 0 Å². The topological polar surface area (TPSA) is 96.9 Å². The third-order valence-corrected chi connectivity index (χ3v) is 10.8. The summed E-state index contributed by atoms with van der Waals surface area (Å²) in [6.45, 7) is 0. The number of aryl methyl sites for hydroxylation is 4. The molecule has 0 bridgehead atoms. The quantitative estimate of drug-likeness (QED) is 0.168. The van der Waals surface area contributed by atoms with Crippen LogP contribution < -0.4 is 10.6 Å². The summed E-state index contributed by atoms with van der Waals surface area (Å²) in [7, 11) is 0. The van der Waals surface area contributed by atoms with Gasteiger partial charge < -0.3 is 10.6 Å². The second-order valence-electron chi connectivity index (χ2n) is 14.2. The predicted octanol–water partition coefficient (Wildman–Crippen LogP) is 11.4. The van der Waals surface area contributed by atoms with Crippen LogP contribution in [-0.2, 0) is 25.7 Å². The van der Waals surface area contributed by atoms with Crippen LogP contribution in [0.25, 0.3) is 33.6 Å². The van der Waals surface area contributed by atoms with Gasteiger partial charge in [-0.3, -0.25) is 24.5 Å². The summed E-state index contributed by atoms with van der Waals surface area (Å²) in [4.78, 5) is 38.5. The summed E-state index contributed by atoms with van der Waals surface area (Å²) in [6, 6.07) is 26.8. The molecule has 3 heterocycles. The molecular formula is C47H34BrF4N5O2. The van der Waals surface area contributed by atoms with E-state index < -0.39 is 46.5 Å². The molecule has 0 unspecified atom stereocenters. The first-order chi connectivity index (χ1) is 28.6. The Bertz CT molecular complexity index is 2710. The van der Waals surface area contributed by atoms with Gasteiger partial charge in [-0.2, -0.15) is 0 Å². The minimum atomic E-state index is -0.821. The van der Waals surface area contributed by atoms with Crippen molar-refractivity contribution in [3.63, 3.8) is 0 Å². The molecule has 0 radical (unpaired) electrons. The first kappa shape index (κ1) is 39.3. The molecular weight excluding hydrogens is 822 g/mol. The standard InChI is InChI=1S/C26H19F2N3O.C21H15BrF2N2O/c27-22-7-2-8-23(28)25(22)31-26(32)20-12-18-5-1-4-16-9-10-17(19-6-3-11-29-14-19)13-21(16)24(18)30-15-20;22-15-8-7-12-3-1-4-13-9-14(11-25-19(13)16(12)10-15)21(27)26-20-17(23)5-2-6-18(20)24/h2-3,6-15H,1,4-5H2,(H,31,32);2,5-11H,1,3-4H2,(H,26,27). The minimum absolute atomic E-state index is 0.262. The number of hydrogen-bond acceptors (Lipinski definition) is 5. The lowest BCUT2D eigenvalue weighted by atomic mass is 9.96. The molecule has 9 rings (SSSR count). The number of carbonyl (C=O) groups is 2. The number of hydrogen-bond donors (Lipinski definition) is 2. The molecule has 4 aromatic carbocycles. The summed E-state index contributed by atoms with van der Waals surface area (Å²) in [5.41, 5.74) is 9.75. The Morgan fingerprint density at radius 2 is 1.02 bits per heavy atom. The average molecular weight is 857 g/mol. The van der Waals surface area contributed by atoms with Crippen molar-refractivity contribution in [2.24, 2.45) is 0 Å². The number of amides is 2. The number of benzene rings is 4. The number of nitrogens with one attached hydrogen (secondary N) is 2. The second kappa shape index (κ2) is 17.1. The van der Waals surface area contributed by atoms with E-state index in [4.69, 9.17) is 0 Å². The molecule has 2 amide bonds. The van der Waals surface area contributed by atoms with E-state index in [0.717, 1.165) is 112 Å². The van der Waals surface area contributed by atoms with Crippen LogP contribution in [0.2, 0.25) is 0 Å². The molecule has 0 aliphatic heterocycles. The minimum Gasteiger partial charge on any atom is -0.317 e. The van der Waals surface area contributed by atoms with Crippen LogP contribution in [0.1, 0.15) is 55.8 Å². The number of pyridine rings is 3. The molecule has 0 atom stereocenters. The number of aromatic nitrogens is 3. The summed E-state index contributed by atoms with van der Waals surface area (Å²) in [6.07, 6.45) is 11.7. The van der Waals surface area contributed by atoms with E-state index >= 15 is 0 Å². The molecule has 12 heteroatoms. The molecule has 0 fully saturated rings. The zero-order valence-electron chi connectivity index (χ0n) is 31.3. The van der Waals surface area contributed by atoms with Gasteiger partial charge in [0.05, 0.1) is 22.5 Å². The van der Waals surface area contributed by atoms with Crippen LogP contribution >= 0.6 is 15.9 Å². The Morgan fingerprint density at radius 3 is 1.53 bits per heavy atom. The van der Waals surface area contributed by atoms with E-state index in [1.807, 2.05) is 30.5 Å². The molecule has 7 nitrogen and oxygen atoms in total. The highest BCUT2D eigenvalue weighted by Crippen LogP contribution is 2.36. The summed E-state index contributed by atoms with van der Waals surface area (Å²) >= 11 is 3.49. The van der Waals surface area contributed by atoms with E-state index in [0.29, 0.717) is 0 Å². The highest BCUT2D eigenvalue weighted by atomic mass is 79.9. The highest BCUT2D eigenvalue weighted by Gasteiger charge is 2.22. The van der Waals surface area contributed by atoms with Gasteiger partial charge in [-0.15, -0.1) is 0 Å². The number of nitrogens with zero attached hydrogens (tertiary/aromatic N) is 3. The van der Waals surface area contributed by atoms with Crippen molar-refractivity contribution in [1.29, 1.82) is 0 Å². The fourth-order valence-corrected chi connectivity index (χ4v) is 7.76. The van der Waals surface area contributed by atoms with E-state index in [1.54, 1.807) is 18.3 Å². The smallest absolute Gasteiger partial charge is 0.257 e. The lowest BCUT2D eigenvalue weighted by Crippen LogP contribution is -2.15. The predicted molar refractivity (Wildman–Crippen MR) is 223 cm³/mol. The Hall–Kier alpha value is -6.53. The van der Waals surface area contributed by atoms with Crippen molar-refractivity contribution in [3.05, 3.63) is 183 Å². The van der Waals surface area contributed by atoms with Gasteiger partial charge in [0.25, 0.3) is 11.8 Å². The molecule has 2 aliphatic rings. The molecule has 0 saturated carbocycles. The zero-order chi connectivity index (χ0) is 41.0. The largest absolute Gasteiger partial charge is 0.317 e. The number of fused-ring (bicyclic) bond motifs is 6. The SMILES string of the molecule is O=C(Nc1c(F)cccc1F)c1cnc2c(c1)CCCc1ccc(-c3cccnc3)cc1-2.O=C(Nc1c(F)cccc1F)c1cnc2c(c1)CCCc1ccc(Br)cc1-2. The second-order valence-corrected chi connectivity index (χ2v) is 15.1. The molecule has 2 aliphatic carbocycles.